The Morgan fingerprint density at radius 3 is 2.32 bits per heavy atom. The molecule has 10 heteroatoms. The first kappa shape index (κ1) is 23.7. The Bertz CT molecular complexity index is 1290. The summed E-state index contributed by atoms with van der Waals surface area (Å²) in [6, 6.07) is 15.9. The van der Waals surface area contributed by atoms with E-state index in [0.29, 0.717) is 24.5 Å². The van der Waals surface area contributed by atoms with Crippen LogP contribution in [0.1, 0.15) is 10.4 Å². The average molecular weight is 488 g/mol. The summed E-state index contributed by atoms with van der Waals surface area (Å²) >= 11 is 0. The molecular weight excluding hydrogens is 464 g/mol. The van der Waals surface area contributed by atoms with Gasteiger partial charge in [-0.2, -0.15) is 4.31 Å². The van der Waals surface area contributed by atoms with E-state index in [1.54, 1.807) is 36.4 Å². The molecule has 1 saturated heterocycles. The van der Waals surface area contributed by atoms with E-state index in [1.807, 2.05) is 4.90 Å². The molecule has 7 nitrogen and oxygen atoms in total. The average Bonchev–Trinajstić information content (AvgIpc) is 2.85. The van der Waals surface area contributed by atoms with Crippen molar-refractivity contribution >= 4 is 27.3 Å². The number of carbonyl (C=O) groups excluding carboxylic acids is 1. The second-order valence-electron chi connectivity index (χ2n) is 7.70. The number of halogens is 2. The molecule has 0 atom stereocenters. The summed E-state index contributed by atoms with van der Waals surface area (Å²) in [5.74, 6) is -1.32. The molecule has 4 rings (SSSR count). The molecule has 0 aliphatic carbocycles. The topological polar surface area (TPSA) is 78.9 Å². The van der Waals surface area contributed by atoms with E-state index in [4.69, 9.17) is 4.74 Å². The Hall–Kier alpha value is -3.50. The molecule has 34 heavy (non-hydrogen) atoms. The molecule has 1 aliphatic heterocycles. The van der Waals surface area contributed by atoms with Crippen LogP contribution < -0.4 is 15.0 Å². The van der Waals surface area contributed by atoms with Crippen molar-refractivity contribution < 1.29 is 26.7 Å². The number of rotatable bonds is 6. The van der Waals surface area contributed by atoms with Gasteiger partial charge in [-0.25, -0.2) is 17.2 Å². The van der Waals surface area contributed by atoms with Crippen LogP contribution in [0.4, 0.5) is 20.2 Å². The highest BCUT2D eigenvalue weighted by Gasteiger charge is 2.31. The van der Waals surface area contributed by atoms with Crippen molar-refractivity contribution in [1.82, 2.24) is 4.31 Å². The largest absolute Gasteiger partial charge is 0.497 e. The van der Waals surface area contributed by atoms with Crippen LogP contribution in [0, 0.1) is 11.6 Å². The minimum absolute atomic E-state index is 0.00717. The van der Waals surface area contributed by atoms with Crippen LogP contribution in [0.15, 0.2) is 71.6 Å². The van der Waals surface area contributed by atoms with Crippen molar-refractivity contribution in [3.63, 3.8) is 0 Å². The third kappa shape index (κ3) is 5.02. The van der Waals surface area contributed by atoms with E-state index >= 15 is 0 Å². The first-order chi connectivity index (χ1) is 16.3. The fourth-order valence-electron chi connectivity index (χ4n) is 3.72. The van der Waals surface area contributed by atoms with E-state index in [0.717, 1.165) is 17.8 Å². The molecule has 0 spiro atoms. The Labute approximate surface area is 196 Å². The van der Waals surface area contributed by atoms with Crippen LogP contribution >= 0.6 is 0 Å². The highest BCUT2D eigenvalue weighted by atomic mass is 32.2. The number of hydrogen-bond donors (Lipinski definition) is 1. The van der Waals surface area contributed by atoms with Crippen molar-refractivity contribution in [2.75, 3.05) is 43.5 Å². The third-order valence-electron chi connectivity index (χ3n) is 5.57. The number of nitrogens with one attached hydrogen (secondary N) is 1. The molecule has 0 bridgehead atoms. The van der Waals surface area contributed by atoms with Crippen LogP contribution in [0.3, 0.4) is 0 Å². The third-order valence-corrected chi connectivity index (χ3v) is 7.48. The summed E-state index contributed by atoms with van der Waals surface area (Å²) in [6.07, 6.45) is 0. The highest BCUT2D eigenvalue weighted by Crippen LogP contribution is 2.25. The number of piperazine rings is 1. The fourth-order valence-corrected chi connectivity index (χ4v) is 5.24. The van der Waals surface area contributed by atoms with Gasteiger partial charge in [0, 0.05) is 49.2 Å². The van der Waals surface area contributed by atoms with Gasteiger partial charge in [-0.1, -0.05) is 6.07 Å². The molecule has 0 unspecified atom stereocenters. The van der Waals surface area contributed by atoms with E-state index < -0.39 is 26.6 Å². The quantitative estimate of drug-likeness (QED) is 0.573. The number of anilines is 2. The van der Waals surface area contributed by atoms with Crippen LogP contribution in [-0.4, -0.2) is 51.9 Å². The zero-order valence-electron chi connectivity index (χ0n) is 18.4. The molecule has 3 aromatic carbocycles. The number of benzene rings is 3. The molecule has 1 fully saturated rings. The summed E-state index contributed by atoms with van der Waals surface area (Å²) in [5, 5.41) is 2.66. The predicted molar refractivity (Wildman–Crippen MR) is 125 cm³/mol. The maximum atomic E-state index is 14.6. The number of ether oxygens (including phenoxy) is 1. The fraction of sp³-hybridized carbons (Fsp3) is 0.208. The normalized spacial score (nSPS) is 14.6. The van der Waals surface area contributed by atoms with Gasteiger partial charge in [-0.15, -0.1) is 0 Å². The van der Waals surface area contributed by atoms with Crippen LogP contribution in [0.2, 0.25) is 0 Å². The Balaban J connectivity index is 1.50. The van der Waals surface area contributed by atoms with Gasteiger partial charge in [0.1, 0.15) is 22.3 Å². The lowest BCUT2D eigenvalue weighted by Gasteiger charge is -2.35. The minimum Gasteiger partial charge on any atom is -0.497 e. The summed E-state index contributed by atoms with van der Waals surface area (Å²) in [5.41, 5.74) is 1.24. The predicted octanol–water partition coefficient (Wildman–Crippen LogP) is 3.74. The molecule has 1 heterocycles. The zero-order valence-corrected chi connectivity index (χ0v) is 19.2. The maximum Gasteiger partial charge on any atom is 0.255 e. The second kappa shape index (κ2) is 9.78. The van der Waals surface area contributed by atoms with Crippen molar-refractivity contribution in [2.45, 2.75) is 4.90 Å². The van der Waals surface area contributed by atoms with Gasteiger partial charge in [-0.05, 0) is 54.6 Å². The molecule has 0 radical (unpaired) electrons. The van der Waals surface area contributed by atoms with Crippen molar-refractivity contribution in [2.24, 2.45) is 0 Å². The molecule has 1 amide bonds. The standard InChI is InChI=1S/C24H23F2N3O4S/c1-33-21-4-2-3-19(16-21)27-24(30)17-5-10-22(26)23(15-17)34(31,32)29-13-11-28(12-14-29)20-8-6-18(25)7-9-20/h2-10,15-16H,11-14H2,1H3,(H,27,30). The second-order valence-corrected chi connectivity index (χ2v) is 9.61. The first-order valence-electron chi connectivity index (χ1n) is 10.5. The van der Waals surface area contributed by atoms with E-state index in [2.05, 4.69) is 5.32 Å². The highest BCUT2D eigenvalue weighted by molar-refractivity contribution is 7.89. The summed E-state index contributed by atoms with van der Waals surface area (Å²) in [6.45, 7) is 0.976. The number of sulfonamides is 1. The van der Waals surface area contributed by atoms with Gasteiger partial charge in [-0.3, -0.25) is 4.79 Å². The summed E-state index contributed by atoms with van der Waals surface area (Å²) in [7, 11) is -2.68. The minimum atomic E-state index is -4.17. The molecule has 3 aromatic rings. The maximum absolute atomic E-state index is 14.6. The summed E-state index contributed by atoms with van der Waals surface area (Å²) in [4.78, 5) is 14.1. The number of carbonyl (C=O) groups is 1. The van der Waals surface area contributed by atoms with Gasteiger partial charge in [0.15, 0.2) is 0 Å². The summed E-state index contributed by atoms with van der Waals surface area (Å²) < 4.78 is 60.4. The van der Waals surface area contributed by atoms with E-state index in [1.165, 1.54) is 29.6 Å². The van der Waals surface area contributed by atoms with Crippen molar-refractivity contribution in [3.8, 4) is 5.75 Å². The molecule has 1 aliphatic rings. The lowest BCUT2D eigenvalue weighted by Crippen LogP contribution is -2.48. The van der Waals surface area contributed by atoms with Crippen molar-refractivity contribution in [1.29, 1.82) is 0 Å². The first-order valence-corrected chi connectivity index (χ1v) is 12.0. The van der Waals surface area contributed by atoms with Gasteiger partial charge in [0.25, 0.3) is 5.91 Å². The molecule has 0 saturated carbocycles. The van der Waals surface area contributed by atoms with Gasteiger partial charge in [0.2, 0.25) is 10.0 Å². The van der Waals surface area contributed by atoms with Crippen molar-refractivity contribution in [3.05, 3.63) is 83.9 Å². The molecule has 0 aromatic heterocycles. The lowest BCUT2D eigenvalue weighted by molar-refractivity contribution is 0.102. The lowest BCUT2D eigenvalue weighted by atomic mass is 10.2. The molecule has 178 valence electrons. The molecular formula is C24H23F2N3O4S. The molecule has 1 N–H and O–H groups in total. The van der Waals surface area contributed by atoms with Gasteiger partial charge >= 0.3 is 0 Å². The van der Waals surface area contributed by atoms with E-state index in [-0.39, 0.29) is 24.5 Å². The Morgan fingerprint density at radius 1 is 0.941 bits per heavy atom. The van der Waals surface area contributed by atoms with Crippen LogP contribution in [-0.2, 0) is 10.0 Å². The number of hydrogen-bond acceptors (Lipinski definition) is 5. The number of nitrogens with zero attached hydrogens (tertiary/aromatic N) is 2. The van der Waals surface area contributed by atoms with E-state index in [9.17, 15) is 22.0 Å². The zero-order chi connectivity index (χ0) is 24.3. The Kier molecular flexibility index (Phi) is 6.80. The van der Waals surface area contributed by atoms with Crippen LogP contribution in [0.25, 0.3) is 0 Å². The number of methoxy groups -OCH3 is 1. The SMILES string of the molecule is COc1cccc(NC(=O)c2ccc(F)c(S(=O)(=O)N3CCN(c4ccc(F)cc4)CC3)c2)c1. The number of amides is 1. The van der Waals surface area contributed by atoms with Gasteiger partial charge < -0.3 is 15.0 Å². The monoisotopic (exact) mass is 487 g/mol. The van der Waals surface area contributed by atoms with Gasteiger partial charge in [0.05, 0.1) is 7.11 Å². The smallest absolute Gasteiger partial charge is 0.255 e. The Morgan fingerprint density at radius 2 is 1.65 bits per heavy atom. The van der Waals surface area contributed by atoms with Crippen LogP contribution in [0.5, 0.6) is 5.75 Å².